The van der Waals surface area contributed by atoms with E-state index in [2.05, 4.69) is 10.1 Å². The van der Waals surface area contributed by atoms with Gasteiger partial charge in [0.2, 0.25) is 0 Å². The average Bonchev–Trinajstić information content (AvgIpc) is 3.28. The summed E-state index contributed by atoms with van der Waals surface area (Å²) in [5, 5.41) is 2.86. The van der Waals surface area contributed by atoms with Crippen molar-refractivity contribution in [1.82, 2.24) is 0 Å². The number of carbonyl (C=O) groups excluding carboxylic acids is 2. The lowest BCUT2D eigenvalue weighted by atomic mass is 10.1. The first kappa shape index (κ1) is 19.8. The summed E-state index contributed by atoms with van der Waals surface area (Å²) >= 11 is 1.40. The number of ether oxygens (including phenoxy) is 4. The van der Waals surface area contributed by atoms with Crippen LogP contribution in [0.5, 0.6) is 17.2 Å². The van der Waals surface area contributed by atoms with Gasteiger partial charge < -0.3 is 24.3 Å². The summed E-state index contributed by atoms with van der Waals surface area (Å²) in [6, 6.07) is 16.2. The summed E-state index contributed by atoms with van der Waals surface area (Å²) < 4.78 is 21.0. The Kier molecular flexibility index (Phi) is 5.85. The van der Waals surface area contributed by atoms with Gasteiger partial charge >= 0.3 is 5.97 Å². The number of hydrogen-bond donors (Lipinski definition) is 1. The monoisotopic (exact) mass is 425 g/mol. The highest BCUT2D eigenvalue weighted by Crippen LogP contribution is 2.37. The quantitative estimate of drug-likeness (QED) is 0.602. The maximum absolute atomic E-state index is 12.6. The van der Waals surface area contributed by atoms with E-state index in [1.807, 2.05) is 24.3 Å². The van der Waals surface area contributed by atoms with Crippen LogP contribution in [0, 0.1) is 0 Å². The molecule has 0 bridgehead atoms. The molecular weight excluding hydrogens is 406 g/mol. The molecule has 2 heterocycles. The SMILES string of the molecule is COC(=O)COc1ccc(NC(=O)c2ccc(-c3ccc4c(c3)OCCO4)s2)cc1. The molecule has 1 amide bonds. The molecule has 4 rings (SSSR count). The number of rotatable bonds is 6. The second-order valence-corrected chi connectivity index (χ2v) is 7.45. The number of carbonyl (C=O) groups is 2. The zero-order valence-corrected chi connectivity index (χ0v) is 17.0. The molecule has 1 aromatic heterocycles. The van der Waals surface area contributed by atoms with E-state index in [-0.39, 0.29) is 12.5 Å². The van der Waals surface area contributed by atoms with Crippen molar-refractivity contribution in [2.45, 2.75) is 0 Å². The predicted octanol–water partition coefficient (Wildman–Crippen LogP) is 3.99. The molecule has 0 spiro atoms. The largest absolute Gasteiger partial charge is 0.486 e. The fourth-order valence-corrected chi connectivity index (χ4v) is 3.74. The number of nitrogens with one attached hydrogen (secondary N) is 1. The molecule has 0 aliphatic carbocycles. The van der Waals surface area contributed by atoms with Gasteiger partial charge in [0.25, 0.3) is 5.91 Å². The number of methoxy groups -OCH3 is 1. The van der Waals surface area contributed by atoms with Crippen molar-refractivity contribution in [3.63, 3.8) is 0 Å². The molecule has 8 heteroatoms. The van der Waals surface area contributed by atoms with Gasteiger partial charge in [0.1, 0.15) is 19.0 Å². The van der Waals surface area contributed by atoms with Gasteiger partial charge in [-0.25, -0.2) is 4.79 Å². The molecule has 0 saturated heterocycles. The van der Waals surface area contributed by atoms with Gasteiger partial charge in [0.15, 0.2) is 18.1 Å². The number of thiophene rings is 1. The maximum atomic E-state index is 12.6. The van der Waals surface area contributed by atoms with E-state index >= 15 is 0 Å². The Morgan fingerprint density at radius 3 is 2.53 bits per heavy atom. The van der Waals surface area contributed by atoms with E-state index in [0.717, 1.165) is 16.2 Å². The second-order valence-electron chi connectivity index (χ2n) is 6.37. The molecule has 1 aliphatic heterocycles. The Bertz CT molecular complexity index is 1060. The van der Waals surface area contributed by atoms with Crippen molar-refractivity contribution >= 4 is 28.9 Å². The number of anilines is 1. The number of benzene rings is 2. The van der Waals surface area contributed by atoms with Gasteiger partial charge in [-0.2, -0.15) is 0 Å². The molecule has 154 valence electrons. The molecule has 7 nitrogen and oxygen atoms in total. The second kappa shape index (κ2) is 8.87. The van der Waals surface area contributed by atoms with E-state index in [9.17, 15) is 9.59 Å². The first-order valence-corrected chi connectivity index (χ1v) is 10.0. The fourth-order valence-electron chi connectivity index (χ4n) is 2.84. The van der Waals surface area contributed by atoms with E-state index in [0.29, 0.717) is 35.3 Å². The lowest BCUT2D eigenvalue weighted by molar-refractivity contribution is -0.142. The van der Waals surface area contributed by atoms with E-state index < -0.39 is 5.97 Å². The summed E-state index contributed by atoms with van der Waals surface area (Å²) in [6.45, 7) is 0.912. The van der Waals surface area contributed by atoms with Gasteiger partial charge in [-0.1, -0.05) is 0 Å². The number of hydrogen-bond acceptors (Lipinski definition) is 7. The van der Waals surface area contributed by atoms with Crippen LogP contribution in [-0.4, -0.2) is 38.8 Å². The summed E-state index contributed by atoms with van der Waals surface area (Å²) in [7, 11) is 1.30. The molecule has 0 saturated carbocycles. The minimum absolute atomic E-state index is 0.167. The standard InChI is InChI=1S/C22H19NO6S/c1-26-21(24)13-29-16-5-3-15(4-6-16)23-22(25)20-9-8-19(30-20)14-2-7-17-18(12-14)28-11-10-27-17/h2-9,12H,10-11,13H2,1H3,(H,23,25). The third-order valence-electron chi connectivity index (χ3n) is 4.35. The molecule has 3 aromatic rings. The van der Waals surface area contributed by atoms with Gasteiger partial charge in [0.05, 0.1) is 12.0 Å². The van der Waals surface area contributed by atoms with Crippen molar-refractivity contribution in [2.75, 3.05) is 32.2 Å². The van der Waals surface area contributed by atoms with Crippen LogP contribution in [0.25, 0.3) is 10.4 Å². The molecular formula is C22H19NO6S. The highest BCUT2D eigenvalue weighted by Gasteiger charge is 2.15. The van der Waals surface area contributed by atoms with Crippen LogP contribution >= 0.6 is 11.3 Å². The Morgan fingerprint density at radius 2 is 1.77 bits per heavy atom. The third-order valence-corrected chi connectivity index (χ3v) is 5.49. The number of esters is 1. The Hall–Kier alpha value is -3.52. The van der Waals surface area contributed by atoms with Crippen molar-refractivity contribution in [2.24, 2.45) is 0 Å². The fraction of sp³-hybridized carbons (Fsp3) is 0.182. The Labute approximate surface area is 177 Å². The number of amides is 1. The molecule has 0 fully saturated rings. The van der Waals surface area contributed by atoms with Crippen molar-refractivity contribution < 1.29 is 28.5 Å². The normalized spacial score (nSPS) is 12.2. The summed E-state index contributed by atoms with van der Waals surface area (Å²) in [5.74, 6) is 1.30. The summed E-state index contributed by atoms with van der Waals surface area (Å²) in [5.41, 5.74) is 1.59. The van der Waals surface area contributed by atoms with Crippen molar-refractivity contribution in [3.8, 4) is 27.7 Å². The minimum atomic E-state index is -0.459. The summed E-state index contributed by atoms with van der Waals surface area (Å²) in [6.07, 6.45) is 0. The lowest BCUT2D eigenvalue weighted by Crippen LogP contribution is -2.15. The minimum Gasteiger partial charge on any atom is -0.486 e. The lowest BCUT2D eigenvalue weighted by Gasteiger charge is -2.18. The van der Waals surface area contributed by atoms with Crippen LogP contribution in [0.3, 0.4) is 0 Å². The zero-order valence-electron chi connectivity index (χ0n) is 16.2. The topological polar surface area (TPSA) is 83.1 Å². The molecule has 30 heavy (non-hydrogen) atoms. The first-order chi connectivity index (χ1) is 14.6. The van der Waals surface area contributed by atoms with Gasteiger partial charge in [0, 0.05) is 10.6 Å². The summed E-state index contributed by atoms with van der Waals surface area (Å²) in [4.78, 5) is 25.3. The molecule has 0 unspecified atom stereocenters. The molecule has 1 aliphatic rings. The molecule has 0 atom stereocenters. The smallest absolute Gasteiger partial charge is 0.343 e. The number of fused-ring (bicyclic) bond motifs is 1. The molecule has 1 N–H and O–H groups in total. The molecule has 0 radical (unpaired) electrons. The highest BCUT2D eigenvalue weighted by molar-refractivity contribution is 7.17. The Balaban J connectivity index is 1.40. The van der Waals surface area contributed by atoms with E-state index in [1.165, 1.54) is 18.4 Å². The average molecular weight is 425 g/mol. The van der Waals surface area contributed by atoms with E-state index in [1.54, 1.807) is 30.3 Å². The highest BCUT2D eigenvalue weighted by atomic mass is 32.1. The van der Waals surface area contributed by atoms with Gasteiger partial charge in [-0.15, -0.1) is 11.3 Å². The van der Waals surface area contributed by atoms with Gasteiger partial charge in [-0.05, 0) is 60.2 Å². The van der Waals surface area contributed by atoms with Crippen molar-refractivity contribution in [3.05, 3.63) is 59.5 Å². The first-order valence-electron chi connectivity index (χ1n) is 9.23. The Morgan fingerprint density at radius 1 is 1.00 bits per heavy atom. The molecule has 2 aromatic carbocycles. The van der Waals surface area contributed by atoms with Crippen molar-refractivity contribution in [1.29, 1.82) is 0 Å². The maximum Gasteiger partial charge on any atom is 0.343 e. The zero-order chi connectivity index (χ0) is 20.9. The third kappa shape index (κ3) is 4.55. The van der Waals surface area contributed by atoms with Crippen LogP contribution in [0.1, 0.15) is 9.67 Å². The van der Waals surface area contributed by atoms with E-state index in [4.69, 9.17) is 14.2 Å². The van der Waals surface area contributed by atoms with Gasteiger partial charge in [-0.3, -0.25) is 4.79 Å². The van der Waals surface area contributed by atoms with Crippen LogP contribution in [0.15, 0.2) is 54.6 Å². The van der Waals surface area contributed by atoms with Crippen LogP contribution in [-0.2, 0) is 9.53 Å². The van der Waals surface area contributed by atoms with Crippen LogP contribution in [0.2, 0.25) is 0 Å². The van der Waals surface area contributed by atoms with Crippen LogP contribution < -0.4 is 19.5 Å². The van der Waals surface area contributed by atoms with Crippen LogP contribution in [0.4, 0.5) is 5.69 Å². The predicted molar refractivity (Wildman–Crippen MR) is 113 cm³/mol.